The number of aliphatic hydroxyl groups is 1. The fourth-order valence-electron chi connectivity index (χ4n) is 5.97. The lowest BCUT2D eigenvalue weighted by atomic mass is 9.51. The number of hydrogen-bond donors (Lipinski definition) is 2. The van der Waals surface area contributed by atoms with E-state index in [9.17, 15) is 9.50 Å². The molecule has 0 radical (unpaired) electrons. The lowest BCUT2D eigenvalue weighted by Crippen LogP contribution is -2.64. The van der Waals surface area contributed by atoms with Crippen LogP contribution < -0.4 is 5.32 Å². The number of nitrogens with one attached hydrogen (secondary N) is 1. The van der Waals surface area contributed by atoms with Crippen molar-refractivity contribution in [1.29, 1.82) is 0 Å². The lowest BCUT2D eigenvalue weighted by molar-refractivity contribution is -0.143. The molecule has 4 saturated carbocycles. The predicted octanol–water partition coefficient (Wildman–Crippen LogP) is 4.26. The molecule has 6 rings (SSSR count). The van der Waals surface area contributed by atoms with Gasteiger partial charge in [-0.2, -0.15) is 0 Å². The minimum atomic E-state index is -0.460. The Bertz CT molecular complexity index is 785. The van der Waals surface area contributed by atoms with Crippen molar-refractivity contribution in [3.05, 3.63) is 48.0 Å². The van der Waals surface area contributed by atoms with Gasteiger partial charge in [0.1, 0.15) is 17.3 Å². The zero-order valence-corrected chi connectivity index (χ0v) is 14.3. The van der Waals surface area contributed by atoms with Gasteiger partial charge in [-0.1, -0.05) is 12.1 Å². The zero-order valence-electron chi connectivity index (χ0n) is 14.3. The topological polar surface area (TPSA) is 45.4 Å². The highest BCUT2D eigenvalue weighted by Gasteiger charge is 2.56. The molecule has 25 heavy (non-hydrogen) atoms. The first-order valence-electron chi connectivity index (χ1n) is 9.34. The Labute approximate surface area is 147 Å². The molecule has 4 bridgehead atoms. The molecule has 2 aromatic rings. The van der Waals surface area contributed by atoms with Crippen LogP contribution in [0.4, 0.5) is 4.39 Å². The van der Waals surface area contributed by atoms with Gasteiger partial charge in [0, 0.05) is 5.54 Å². The van der Waals surface area contributed by atoms with E-state index in [-0.39, 0.29) is 11.4 Å². The van der Waals surface area contributed by atoms with Crippen LogP contribution in [-0.4, -0.2) is 16.2 Å². The second-order valence-corrected chi connectivity index (χ2v) is 8.57. The summed E-state index contributed by atoms with van der Waals surface area (Å²) < 4.78 is 19.8. The fraction of sp³-hybridized carbons (Fsp3) is 0.524. The second kappa shape index (κ2) is 5.42. The van der Waals surface area contributed by atoms with Crippen LogP contribution in [0.2, 0.25) is 0 Å². The largest absolute Gasteiger partial charge is 0.460 e. The van der Waals surface area contributed by atoms with Gasteiger partial charge in [0.05, 0.1) is 17.7 Å². The first kappa shape index (κ1) is 15.6. The van der Waals surface area contributed by atoms with Crippen LogP contribution in [0.1, 0.15) is 44.3 Å². The highest BCUT2D eigenvalue weighted by atomic mass is 19.1. The van der Waals surface area contributed by atoms with Crippen LogP contribution in [0.3, 0.4) is 0 Å². The van der Waals surface area contributed by atoms with E-state index in [1.807, 2.05) is 18.2 Å². The zero-order chi connectivity index (χ0) is 17.1. The lowest BCUT2D eigenvalue weighted by Gasteiger charge is -2.60. The van der Waals surface area contributed by atoms with Crippen molar-refractivity contribution >= 4 is 0 Å². The number of halogens is 1. The van der Waals surface area contributed by atoms with Gasteiger partial charge in [-0.05, 0) is 74.6 Å². The van der Waals surface area contributed by atoms with E-state index in [0.29, 0.717) is 29.7 Å². The van der Waals surface area contributed by atoms with Crippen LogP contribution in [0.5, 0.6) is 0 Å². The maximum Gasteiger partial charge on any atom is 0.137 e. The molecule has 1 aromatic heterocycles. The Morgan fingerprint density at radius 2 is 1.84 bits per heavy atom. The third-order valence-electron chi connectivity index (χ3n) is 6.47. The average Bonchev–Trinajstić information content (AvgIpc) is 3.00. The second-order valence-electron chi connectivity index (χ2n) is 8.57. The van der Waals surface area contributed by atoms with E-state index in [2.05, 4.69) is 5.32 Å². The smallest absolute Gasteiger partial charge is 0.137 e. The summed E-state index contributed by atoms with van der Waals surface area (Å²) in [5, 5.41) is 14.5. The summed E-state index contributed by atoms with van der Waals surface area (Å²) in [6.07, 6.45) is 6.41. The number of hydrogen-bond acceptors (Lipinski definition) is 3. The normalized spacial score (nSPS) is 36.1. The van der Waals surface area contributed by atoms with Crippen molar-refractivity contribution in [2.75, 3.05) is 0 Å². The van der Waals surface area contributed by atoms with Crippen molar-refractivity contribution < 1.29 is 13.9 Å². The van der Waals surface area contributed by atoms with Gasteiger partial charge >= 0.3 is 0 Å². The van der Waals surface area contributed by atoms with Gasteiger partial charge in [0.15, 0.2) is 0 Å². The van der Waals surface area contributed by atoms with Gasteiger partial charge in [0.25, 0.3) is 0 Å². The molecule has 4 aliphatic rings. The summed E-state index contributed by atoms with van der Waals surface area (Å²) in [4.78, 5) is 0. The van der Waals surface area contributed by atoms with Crippen LogP contribution in [0.15, 0.2) is 40.8 Å². The third kappa shape index (κ3) is 2.72. The minimum Gasteiger partial charge on any atom is -0.460 e. The molecular weight excluding hydrogens is 317 g/mol. The molecule has 4 fully saturated rings. The highest BCUT2D eigenvalue weighted by molar-refractivity contribution is 5.58. The van der Waals surface area contributed by atoms with Crippen LogP contribution in [0.25, 0.3) is 11.3 Å². The average molecular weight is 341 g/mol. The SMILES string of the molecule is OC12CC3CC(C1)CC(NCc1ccc(-c4ccccc4F)o1)(C3)C2. The summed E-state index contributed by atoms with van der Waals surface area (Å²) in [5.41, 5.74) is 0.0837. The molecule has 0 amide bonds. The van der Waals surface area contributed by atoms with Gasteiger partial charge in [-0.25, -0.2) is 4.39 Å². The molecule has 0 aliphatic heterocycles. The van der Waals surface area contributed by atoms with E-state index >= 15 is 0 Å². The van der Waals surface area contributed by atoms with E-state index in [0.717, 1.165) is 37.9 Å². The van der Waals surface area contributed by atoms with E-state index in [1.165, 1.54) is 12.5 Å². The number of rotatable bonds is 4. The molecule has 4 aliphatic carbocycles. The van der Waals surface area contributed by atoms with E-state index < -0.39 is 5.60 Å². The summed E-state index contributed by atoms with van der Waals surface area (Å²) in [7, 11) is 0. The first-order chi connectivity index (χ1) is 12.0. The van der Waals surface area contributed by atoms with Gasteiger partial charge in [-0.3, -0.25) is 0 Å². The quantitative estimate of drug-likeness (QED) is 0.873. The molecule has 132 valence electrons. The van der Waals surface area contributed by atoms with Gasteiger partial charge in [0.2, 0.25) is 0 Å². The summed E-state index contributed by atoms with van der Waals surface area (Å²) in [6.45, 7) is 0.629. The van der Waals surface area contributed by atoms with Crippen molar-refractivity contribution in [3.8, 4) is 11.3 Å². The molecule has 2 N–H and O–H groups in total. The van der Waals surface area contributed by atoms with E-state index in [1.54, 1.807) is 12.1 Å². The Balaban J connectivity index is 1.32. The highest BCUT2D eigenvalue weighted by Crippen LogP contribution is 2.57. The summed E-state index contributed by atoms with van der Waals surface area (Å²) >= 11 is 0. The standard InChI is InChI=1S/C21H24FNO2/c22-18-4-2-1-3-17(18)19-6-5-16(25-19)12-23-20-8-14-7-15(9-20)11-21(24,10-14)13-20/h1-6,14-15,23-24H,7-13H2. The summed E-state index contributed by atoms with van der Waals surface area (Å²) in [5.74, 6) is 2.44. The number of benzene rings is 1. The van der Waals surface area contributed by atoms with Crippen molar-refractivity contribution in [2.45, 2.75) is 56.2 Å². The monoisotopic (exact) mass is 341 g/mol. The van der Waals surface area contributed by atoms with Crippen molar-refractivity contribution in [2.24, 2.45) is 11.8 Å². The molecular formula is C21H24FNO2. The third-order valence-corrected chi connectivity index (χ3v) is 6.47. The maximum absolute atomic E-state index is 13.9. The maximum atomic E-state index is 13.9. The van der Waals surface area contributed by atoms with Crippen LogP contribution in [-0.2, 0) is 6.54 Å². The Kier molecular flexibility index (Phi) is 3.38. The van der Waals surface area contributed by atoms with Gasteiger partial charge in [-0.15, -0.1) is 0 Å². The van der Waals surface area contributed by atoms with Crippen molar-refractivity contribution in [1.82, 2.24) is 5.32 Å². The molecule has 4 heteroatoms. The molecule has 1 aromatic carbocycles. The van der Waals surface area contributed by atoms with Crippen LogP contribution >= 0.6 is 0 Å². The van der Waals surface area contributed by atoms with Gasteiger partial charge < -0.3 is 14.8 Å². The molecule has 2 atom stereocenters. The molecule has 0 spiro atoms. The predicted molar refractivity (Wildman–Crippen MR) is 93.3 cm³/mol. The Hall–Kier alpha value is -1.65. The first-order valence-corrected chi connectivity index (χ1v) is 9.34. The summed E-state index contributed by atoms with van der Waals surface area (Å²) in [6, 6.07) is 10.4. The van der Waals surface area contributed by atoms with E-state index in [4.69, 9.17) is 4.42 Å². The molecule has 3 nitrogen and oxygen atoms in total. The number of furan rings is 1. The minimum absolute atomic E-state index is 0.0454. The fourth-order valence-corrected chi connectivity index (χ4v) is 5.97. The van der Waals surface area contributed by atoms with Crippen molar-refractivity contribution in [3.63, 3.8) is 0 Å². The Morgan fingerprint density at radius 1 is 1.08 bits per heavy atom. The molecule has 2 unspecified atom stereocenters. The Morgan fingerprint density at radius 3 is 2.56 bits per heavy atom. The molecule has 0 saturated heterocycles. The molecule has 1 heterocycles. The van der Waals surface area contributed by atoms with Crippen LogP contribution in [0, 0.1) is 17.7 Å².